The van der Waals surface area contributed by atoms with Gasteiger partial charge in [0.25, 0.3) is 0 Å². The standard InChI is InChI=1S/C14H18N2O3PS/c1-4-16(14(17)19-11(2)3)20(21)18-10-13-7-5-12(9-15)6-8-13/h5-8,11H,4,10H2,1-3H3. The van der Waals surface area contributed by atoms with Crippen LogP contribution in [0.1, 0.15) is 31.9 Å². The lowest BCUT2D eigenvalue weighted by molar-refractivity contribution is 0.0965. The highest BCUT2D eigenvalue weighted by molar-refractivity contribution is 8.02. The van der Waals surface area contributed by atoms with Gasteiger partial charge in [-0.2, -0.15) is 5.26 Å². The van der Waals surface area contributed by atoms with Crippen molar-refractivity contribution < 1.29 is 14.1 Å². The number of rotatable bonds is 6. The molecular weight excluding hydrogens is 307 g/mol. The number of benzene rings is 1. The molecule has 0 heterocycles. The van der Waals surface area contributed by atoms with Gasteiger partial charge in [-0.3, -0.25) is 0 Å². The molecule has 0 saturated carbocycles. The third kappa shape index (κ3) is 5.76. The van der Waals surface area contributed by atoms with Crippen LogP contribution >= 0.6 is 7.07 Å². The molecule has 1 unspecified atom stereocenters. The molecule has 1 radical (unpaired) electrons. The van der Waals surface area contributed by atoms with Crippen molar-refractivity contribution in [1.82, 2.24) is 4.67 Å². The van der Waals surface area contributed by atoms with Crippen molar-refractivity contribution in [2.24, 2.45) is 0 Å². The summed E-state index contributed by atoms with van der Waals surface area (Å²) in [5.74, 6) is 0. The normalized spacial score (nSPS) is 10.9. The summed E-state index contributed by atoms with van der Waals surface area (Å²) < 4.78 is 12.1. The Balaban J connectivity index is 2.58. The number of nitrogens with zero attached hydrogens (tertiary/aromatic N) is 2. The van der Waals surface area contributed by atoms with E-state index >= 15 is 0 Å². The molecule has 21 heavy (non-hydrogen) atoms. The highest BCUT2D eigenvalue weighted by Crippen LogP contribution is 2.31. The van der Waals surface area contributed by atoms with Crippen molar-refractivity contribution in [3.8, 4) is 6.07 Å². The zero-order chi connectivity index (χ0) is 15.8. The molecule has 1 amide bonds. The Labute approximate surface area is 131 Å². The molecule has 0 aliphatic rings. The second-order valence-electron chi connectivity index (χ2n) is 4.47. The molecule has 7 heteroatoms. The molecule has 113 valence electrons. The van der Waals surface area contributed by atoms with Crippen LogP contribution in [-0.4, -0.2) is 23.4 Å². The third-order valence-corrected chi connectivity index (χ3v) is 4.57. The van der Waals surface area contributed by atoms with Crippen LogP contribution in [0.4, 0.5) is 4.79 Å². The lowest BCUT2D eigenvalue weighted by Crippen LogP contribution is -2.27. The summed E-state index contributed by atoms with van der Waals surface area (Å²) in [6.45, 7) is 6.14. The van der Waals surface area contributed by atoms with E-state index in [1.807, 2.05) is 6.92 Å². The van der Waals surface area contributed by atoms with Crippen LogP contribution < -0.4 is 0 Å². The molecule has 1 aromatic rings. The number of hydrogen-bond donors (Lipinski definition) is 0. The molecule has 0 fully saturated rings. The zero-order valence-electron chi connectivity index (χ0n) is 12.3. The van der Waals surface area contributed by atoms with E-state index in [1.165, 1.54) is 4.67 Å². The maximum atomic E-state index is 11.9. The van der Waals surface area contributed by atoms with Gasteiger partial charge in [0.2, 0.25) is 0 Å². The van der Waals surface area contributed by atoms with Gasteiger partial charge < -0.3 is 9.26 Å². The Kier molecular flexibility index (Phi) is 7.24. The Morgan fingerprint density at radius 3 is 2.52 bits per heavy atom. The van der Waals surface area contributed by atoms with Crippen molar-refractivity contribution in [2.45, 2.75) is 33.5 Å². The predicted molar refractivity (Wildman–Crippen MR) is 84.2 cm³/mol. The van der Waals surface area contributed by atoms with E-state index in [9.17, 15) is 4.79 Å². The predicted octanol–water partition coefficient (Wildman–Crippen LogP) is 3.72. The first-order valence-electron chi connectivity index (χ1n) is 6.55. The first-order valence-corrected chi connectivity index (χ1v) is 8.77. The van der Waals surface area contributed by atoms with Crippen molar-refractivity contribution in [2.75, 3.05) is 6.54 Å². The van der Waals surface area contributed by atoms with Crippen molar-refractivity contribution >= 4 is 25.0 Å². The van der Waals surface area contributed by atoms with Gasteiger partial charge >= 0.3 is 6.09 Å². The van der Waals surface area contributed by atoms with Crippen LogP contribution in [0.25, 0.3) is 0 Å². The molecule has 0 aliphatic heterocycles. The Morgan fingerprint density at radius 2 is 2.05 bits per heavy atom. The smallest absolute Gasteiger partial charge is 0.419 e. The van der Waals surface area contributed by atoms with Gasteiger partial charge in [-0.05, 0) is 50.3 Å². The van der Waals surface area contributed by atoms with E-state index in [1.54, 1.807) is 38.1 Å². The third-order valence-electron chi connectivity index (χ3n) is 2.47. The van der Waals surface area contributed by atoms with Gasteiger partial charge in [0.1, 0.15) is 0 Å². The second-order valence-corrected chi connectivity index (χ2v) is 6.62. The molecule has 5 nitrogen and oxygen atoms in total. The SMILES string of the molecule is CCN(C(=O)OC(C)C)[P](=S)OCc1ccc(C#N)cc1. The number of carbonyl (C=O) groups excluding carboxylic acids is 1. The van der Waals surface area contributed by atoms with Crippen LogP contribution in [0.15, 0.2) is 24.3 Å². The molecule has 0 spiro atoms. The number of nitriles is 1. The molecule has 1 rings (SSSR count). The van der Waals surface area contributed by atoms with Gasteiger partial charge in [-0.1, -0.05) is 12.1 Å². The number of hydrogen-bond acceptors (Lipinski definition) is 5. The lowest BCUT2D eigenvalue weighted by Gasteiger charge is -2.22. The average Bonchev–Trinajstić information content (AvgIpc) is 2.45. The fourth-order valence-electron chi connectivity index (χ4n) is 1.45. The van der Waals surface area contributed by atoms with E-state index in [-0.39, 0.29) is 6.10 Å². The quantitative estimate of drug-likeness (QED) is 0.746. The topological polar surface area (TPSA) is 62.6 Å². The van der Waals surface area contributed by atoms with E-state index in [4.69, 9.17) is 26.3 Å². The van der Waals surface area contributed by atoms with Crippen LogP contribution in [0.3, 0.4) is 0 Å². The molecule has 0 aromatic heterocycles. The molecule has 1 atom stereocenters. The van der Waals surface area contributed by atoms with Gasteiger partial charge in [-0.25, -0.2) is 9.46 Å². The fraction of sp³-hybridized carbons (Fsp3) is 0.429. The van der Waals surface area contributed by atoms with Gasteiger partial charge in [-0.15, -0.1) is 0 Å². The van der Waals surface area contributed by atoms with Crippen LogP contribution in [-0.2, 0) is 27.7 Å². The second kappa shape index (κ2) is 8.68. The summed E-state index contributed by atoms with van der Waals surface area (Å²) in [5, 5.41) is 8.73. The van der Waals surface area contributed by atoms with E-state index in [0.717, 1.165) is 5.56 Å². The highest BCUT2D eigenvalue weighted by Gasteiger charge is 2.19. The van der Waals surface area contributed by atoms with Crippen LogP contribution in [0, 0.1) is 11.3 Å². The maximum absolute atomic E-state index is 11.9. The largest absolute Gasteiger partial charge is 0.446 e. The Morgan fingerprint density at radius 1 is 1.43 bits per heavy atom. The maximum Gasteiger partial charge on any atom is 0.419 e. The van der Waals surface area contributed by atoms with E-state index in [0.29, 0.717) is 18.7 Å². The zero-order valence-corrected chi connectivity index (χ0v) is 14.0. The van der Waals surface area contributed by atoms with Crippen molar-refractivity contribution in [3.05, 3.63) is 35.4 Å². The summed E-state index contributed by atoms with van der Waals surface area (Å²) in [5.41, 5.74) is 1.50. The number of carbonyl (C=O) groups is 1. The summed E-state index contributed by atoms with van der Waals surface area (Å²) in [6.07, 6.45) is -0.642. The van der Waals surface area contributed by atoms with E-state index in [2.05, 4.69) is 6.07 Å². The first kappa shape index (κ1) is 17.5. The minimum atomic E-state index is -1.47. The molecule has 0 bridgehead atoms. The minimum absolute atomic E-state index is 0.191. The van der Waals surface area contributed by atoms with Gasteiger partial charge in [0.15, 0.2) is 7.07 Å². The summed E-state index contributed by atoms with van der Waals surface area (Å²) >= 11 is 5.25. The summed E-state index contributed by atoms with van der Waals surface area (Å²) in [6, 6.07) is 9.10. The number of ether oxygens (including phenoxy) is 1. The van der Waals surface area contributed by atoms with Crippen LogP contribution in [0.2, 0.25) is 0 Å². The van der Waals surface area contributed by atoms with Crippen molar-refractivity contribution in [3.63, 3.8) is 0 Å². The monoisotopic (exact) mass is 325 g/mol. The summed E-state index contributed by atoms with van der Waals surface area (Å²) in [7, 11) is -1.47. The summed E-state index contributed by atoms with van der Waals surface area (Å²) in [4.78, 5) is 11.9. The molecule has 0 N–H and O–H groups in total. The highest BCUT2D eigenvalue weighted by atomic mass is 32.4. The first-order chi connectivity index (χ1) is 9.97. The van der Waals surface area contributed by atoms with Crippen molar-refractivity contribution in [1.29, 1.82) is 5.26 Å². The molecule has 0 saturated heterocycles. The number of amides is 1. The van der Waals surface area contributed by atoms with E-state index < -0.39 is 13.2 Å². The minimum Gasteiger partial charge on any atom is -0.446 e. The molecule has 0 aliphatic carbocycles. The fourth-order valence-corrected chi connectivity index (χ4v) is 2.96. The van der Waals surface area contributed by atoms with Crippen LogP contribution in [0.5, 0.6) is 0 Å². The lowest BCUT2D eigenvalue weighted by atomic mass is 10.2. The van der Waals surface area contributed by atoms with Gasteiger partial charge in [0.05, 0.1) is 24.3 Å². The molecular formula is C14H18N2O3PS. The molecule has 1 aromatic carbocycles. The Bertz CT molecular complexity index is 540. The Hall–Kier alpha value is -1.54. The van der Waals surface area contributed by atoms with Gasteiger partial charge in [0, 0.05) is 6.54 Å². The average molecular weight is 325 g/mol.